The molecule has 0 saturated carbocycles. The lowest BCUT2D eigenvalue weighted by molar-refractivity contribution is -0.125. The van der Waals surface area contributed by atoms with E-state index in [0.29, 0.717) is 52.9 Å². The van der Waals surface area contributed by atoms with E-state index in [1.165, 1.54) is 6.92 Å². The standard InChI is InChI=1S/C22H38N2O9/c1-3-9-28-12-14-30-16-17-31-15-13-29-11-7-23-22(27)33-20(6-8-25)21-19(24-18(2)26)5-4-10-32-21/h1,19-21,25H,4-17H2,2H3,(H,23,27)(H,24,26)/t19-,20-,21-/m1/s1. The van der Waals surface area contributed by atoms with E-state index >= 15 is 0 Å². The van der Waals surface area contributed by atoms with E-state index in [2.05, 4.69) is 16.6 Å². The zero-order valence-electron chi connectivity index (χ0n) is 19.4. The highest BCUT2D eigenvalue weighted by Crippen LogP contribution is 2.21. The van der Waals surface area contributed by atoms with Gasteiger partial charge in [0.05, 0.1) is 52.3 Å². The third kappa shape index (κ3) is 14.7. The van der Waals surface area contributed by atoms with Crippen LogP contribution in [0.2, 0.25) is 0 Å². The summed E-state index contributed by atoms with van der Waals surface area (Å²) in [7, 11) is 0. The molecule has 190 valence electrons. The van der Waals surface area contributed by atoms with Gasteiger partial charge in [-0.1, -0.05) is 5.92 Å². The van der Waals surface area contributed by atoms with E-state index < -0.39 is 18.3 Å². The monoisotopic (exact) mass is 474 g/mol. The van der Waals surface area contributed by atoms with Crippen molar-refractivity contribution in [3.8, 4) is 12.3 Å². The van der Waals surface area contributed by atoms with Crippen LogP contribution >= 0.6 is 0 Å². The van der Waals surface area contributed by atoms with E-state index in [1.54, 1.807) is 0 Å². The van der Waals surface area contributed by atoms with E-state index in [4.69, 9.17) is 34.8 Å². The number of amides is 2. The van der Waals surface area contributed by atoms with Gasteiger partial charge in [-0.2, -0.15) is 0 Å². The average molecular weight is 475 g/mol. The first-order valence-electron chi connectivity index (χ1n) is 11.3. The van der Waals surface area contributed by atoms with Crippen LogP contribution in [0.15, 0.2) is 0 Å². The van der Waals surface area contributed by atoms with Gasteiger partial charge in [0.25, 0.3) is 0 Å². The molecule has 1 fully saturated rings. The maximum absolute atomic E-state index is 12.1. The van der Waals surface area contributed by atoms with Crippen LogP contribution in [0.3, 0.4) is 0 Å². The van der Waals surface area contributed by atoms with Gasteiger partial charge < -0.3 is 44.2 Å². The number of terminal acetylenes is 1. The molecule has 0 aromatic carbocycles. The second-order valence-electron chi connectivity index (χ2n) is 7.26. The van der Waals surface area contributed by atoms with Crippen molar-refractivity contribution in [2.75, 3.05) is 72.6 Å². The first-order valence-corrected chi connectivity index (χ1v) is 11.3. The lowest BCUT2D eigenvalue weighted by atomic mass is 9.96. The number of aliphatic hydroxyl groups excluding tert-OH is 1. The fourth-order valence-corrected chi connectivity index (χ4v) is 3.20. The summed E-state index contributed by atoms with van der Waals surface area (Å²) >= 11 is 0. The number of hydrogen-bond donors (Lipinski definition) is 3. The normalized spacial score (nSPS) is 18.8. The molecular formula is C22H38N2O9. The Kier molecular flexibility index (Phi) is 17.2. The lowest BCUT2D eigenvalue weighted by Gasteiger charge is -2.36. The van der Waals surface area contributed by atoms with Crippen molar-refractivity contribution in [2.24, 2.45) is 0 Å². The van der Waals surface area contributed by atoms with Crippen molar-refractivity contribution in [3.63, 3.8) is 0 Å². The molecule has 1 aliphatic heterocycles. The first-order chi connectivity index (χ1) is 16.1. The molecule has 1 rings (SSSR count). The van der Waals surface area contributed by atoms with Gasteiger partial charge in [0, 0.05) is 33.1 Å². The molecule has 2 amide bonds. The number of hydrogen-bond acceptors (Lipinski definition) is 9. The predicted octanol–water partition coefficient (Wildman–Crippen LogP) is -0.153. The summed E-state index contributed by atoms with van der Waals surface area (Å²) in [5.41, 5.74) is 0. The summed E-state index contributed by atoms with van der Waals surface area (Å²) in [6.07, 6.45) is 4.98. The van der Waals surface area contributed by atoms with Crippen LogP contribution in [0.4, 0.5) is 4.79 Å². The summed E-state index contributed by atoms with van der Waals surface area (Å²) in [6.45, 7) is 5.19. The minimum atomic E-state index is -0.674. The van der Waals surface area contributed by atoms with E-state index in [-0.39, 0.29) is 38.1 Å². The van der Waals surface area contributed by atoms with Gasteiger partial charge in [-0.25, -0.2) is 4.79 Å². The van der Waals surface area contributed by atoms with Crippen LogP contribution in [0.5, 0.6) is 0 Å². The quantitative estimate of drug-likeness (QED) is 0.183. The smallest absolute Gasteiger partial charge is 0.407 e. The third-order valence-corrected chi connectivity index (χ3v) is 4.61. The van der Waals surface area contributed by atoms with Crippen molar-refractivity contribution in [2.45, 2.75) is 44.4 Å². The number of alkyl carbamates (subject to hydrolysis) is 1. The number of carbonyl (C=O) groups is 2. The largest absolute Gasteiger partial charge is 0.443 e. The molecule has 1 heterocycles. The number of aliphatic hydroxyl groups is 1. The van der Waals surface area contributed by atoms with Crippen LogP contribution in [0.25, 0.3) is 0 Å². The Balaban J connectivity index is 2.11. The second-order valence-corrected chi connectivity index (χ2v) is 7.26. The van der Waals surface area contributed by atoms with Gasteiger partial charge in [0.15, 0.2) is 0 Å². The van der Waals surface area contributed by atoms with Crippen LogP contribution in [-0.2, 0) is 33.2 Å². The fourth-order valence-electron chi connectivity index (χ4n) is 3.20. The Morgan fingerprint density at radius 1 is 1.09 bits per heavy atom. The van der Waals surface area contributed by atoms with Gasteiger partial charge in [-0.05, 0) is 12.8 Å². The van der Waals surface area contributed by atoms with E-state index in [0.717, 1.165) is 12.8 Å². The van der Waals surface area contributed by atoms with Gasteiger partial charge in [-0.15, -0.1) is 6.42 Å². The van der Waals surface area contributed by atoms with Crippen LogP contribution in [-0.4, -0.2) is 108 Å². The number of carbonyl (C=O) groups excluding carboxylic acids is 2. The van der Waals surface area contributed by atoms with Gasteiger partial charge in [0.2, 0.25) is 5.91 Å². The summed E-state index contributed by atoms with van der Waals surface area (Å²) in [6, 6.07) is -0.267. The van der Waals surface area contributed by atoms with E-state index in [1.807, 2.05) is 0 Å². The second kappa shape index (κ2) is 19.5. The SMILES string of the molecule is C#CCOCCOCCOCCOCCNC(=O)O[C@H](CCO)[C@@H]1OCCC[C@H]1NC(C)=O. The van der Waals surface area contributed by atoms with Gasteiger partial charge >= 0.3 is 6.09 Å². The Hall–Kier alpha value is -1.94. The maximum atomic E-state index is 12.1. The molecule has 3 atom stereocenters. The molecule has 11 nitrogen and oxygen atoms in total. The lowest BCUT2D eigenvalue weighted by Crippen LogP contribution is -2.53. The molecule has 11 heteroatoms. The Morgan fingerprint density at radius 3 is 2.33 bits per heavy atom. The zero-order valence-corrected chi connectivity index (χ0v) is 19.4. The molecule has 0 aliphatic carbocycles. The van der Waals surface area contributed by atoms with Crippen molar-refractivity contribution < 1.29 is 43.1 Å². The Morgan fingerprint density at radius 2 is 1.73 bits per heavy atom. The third-order valence-electron chi connectivity index (χ3n) is 4.61. The van der Waals surface area contributed by atoms with Crippen molar-refractivity contribution in [1.82, 2.24) is 10.6 Å². The van der Waals surface area contributed by atoms with Crippen molar-refractivity contribution in [3.05, 3.63) is 0 Å². The molecule has 0 radical (unpaired) electrons. The topological polar surface area (TPSA) is 134 Å². The molecule has 0 bridgehead atoms. The highest BCUT2D eigenvalue weighted by Gasteiger charge is 2.35. The minimum absolute atomic E-state index is 0.168. The maximum Gasteiger partial charge on any atom is 0.407 e. The van der Waals surface area contributed by atoms with Crippen molar-refractivity contribution in [1.29, 1.82) is 0 Å². The van der Waals surface area contributed by atoms with Crippen LogP contribution in [0, 0.1) is 12.3 Å². The molecule has 0 aromatic rings. The fraction of sp³-hybridized carbons (Fsp3) is 0.818. The zero-order chi connectivity index (χ0) is 24.2. The predicted molar refractivity (Wildman–Crippen MR) is 119 cm³/mol. The molecule has 0 aromatic heterocycles. The number of ether oxygens (including phenoxy) is 6. The molecule has 33 heavy (non-hydrogen) atoms. The summed E-state index contributed by atoms with van der Waals surface area (Å²) in [5.74, 6) is 2.20. The van der Waals surface area contributed by atoms with Gasteiger partial charge in [-0.3, -0.25) is 4.79 Å². The Labute approximate surface area is 195 Å². The number of nitrogens with one attached hydrogen (secondary N) is 2. The summed E-state index contributed by atoms with van der Waals surface area (Å²) in [5, 5.41) is 14.8. The molecule has 0 spiro atoms. The summed E-state index contributed by atoms with van der Waals surface area (Å²) < 4.78 is 32.3. The first kappa shape index (κ1) is 29.1. The van der Waals surface area contributed by atoms with Gasteiger partial charge in [0.1, 0.15) is 18.8 Å². The molecule has 1 saturated heterocycles. The Bertz CT molecular complexity index is 571. The number of rotatable bonds is 18. The molecular weight excluding hydrogens is 436 g/mol. The molecule has 3 N–H and O–H groups in total. The highest BCUT2D eigenvalue weighted by atomic mass is 16.6. The molecule has 1 aliphatic rings. The summed E-state index contributed by atoms with van der Waals surface area (Å²) in [4.78, 5) is 23.6. The van der Waals surface area contributed by atoms with Crippen molar-refractivity contribution >= 4 is 12.0 Å². The molecule has 0 unspecified atom stereocenters. The minimum Gasteiger partial charge on any atom is -0.443 e. The van der Waals surface area contributed by atoms with E-state index in [9.17, 15) is 14.7 Å². The highest BCUT2D eigenvalue weighted by molar-refractivity contribution is 5.73. The van der Waals surface area contributed by atoms with Crippen LogP contribution in [0.1, 0.15) is 26.2 Å². The average Bonchev–Trinajstić information content (AvgIpc) is 2.79. The van der Waals surface area contributed by atoms with Crippen LogP contribution < -0.4 is 10.6 Å².